The highest BCUT2D eigenvalue weighted by molar-refractivity contribution is 5.69. The van der Waals surface area contributed by atoms with E-state index in [-0.39, 0.29) is 5.97 Å². The molecule has 0 N–H and O–H groups in total. The van der Waals surface area contributed by atoms with Crippen LogP contribution >= 0.6 is 0 Å². The predicted molar refractivity (Wildman–Crippen MR) is 139 cm³/mol. The van der Waals surface area contributed by atoms with Crippen molar-refractivity contribution in [1.29, 1.82) is 0 Å². The van der Waals surface area contributed by atoms with Crippen LogP contribution in [0.1, 0.15) is 111 Å². The Morgan fingerprint density at radius 1 is 0.529 bits per heavy atom. The molecule has 0 radical (unpaired) electrons. The second kappa shape index (κ2) is 28.5. The van der Waals surface area contributed by atoms with Crippen molar-refractivity contribution in [3.63, 3.8) is 0 Å². The lowest BCUT2D eigenvalue weighted by Gasteiger charge is -2.16. The fourth-order valence-corrected chi connectivity index (χ4v) is 3.66. The van der Waals surface area contributed by atoms with E-state index < -0.39 is 0 Å². The minimum Gasteiger partial charge on any atom is -0.465 e. The SMILES string of the molecule is CCCCCCOCCOCCOCCOCCCC(=O)OCC(CCCC)CCCCCC. The quantitative estimate of drug-likeness (QED) is 0.0898. The van der Waals surface area contributed by atoms with Gasteiger partial charge in [-0.1, -0.05) is 78.6 Å². The molecule has 0 rings (SSSR count). The first-order chi connectivity index (χ1) is 16.7. The number of ether oxygens (including phenoxy) is 5. The number of carbonyl (C=O) groups is 1. The first-order valence-corrected chi connectivity index (χ1v) is 14.2. The lowest BCUT2D eigenvalue weighted by molar-refractivity contribution is -0.145. The molecule has 0 aromatic carbocycles. The van der Waals surface area contributed by atoms with Gasteiger partial charge in [-0.25, -0.2) is 0 Å². The first-order valence-electron chi connectivity index (χ1n) is 14.2. The molecular formula is C28H56O6. The molecule has 0 aliphatic heterocycles. The lowest BCUT2D eigenvalue weighted by atomic mass is 9.96. The average Bonchev–Trinajstić information content (AvgIpc) is 2.84. The Hall–Kier alpha value is -0.690. The average molecular weight is 489 g/mol. The molecule has 6 nitrogen and oxygen atoms in total. The normalized spacial score (nSPS) is 12.2. The van der Waals surface area contributed by atoms with Gasteiger partial charge in [-0.05, 0) is 31.6 Å². The van der Waals surface area contributed by atoms with Crippen molar-refractivity contribution in [1.82, 2.24) is 0 Å². The summed E-state index contributed by atoms with van der Waals surface area (Å²) < 4.78 is 27.6. The fourth-order valence-electron chi connectivity index (χ4n) is 3.66. The highest BCUT2D eigenvalue weighted by atomic mass is 16.6. The minimum absolute atomic E-state index is 0.100. The van der Waals surface area contributed by atoms with Crippen LogP contribution in [-0.2, 0) is 28.5 Å². The van der Waals surface area contributed by atoms with Gasteiger partial charge in [-0.3, -0.25) is 4.79 Å². The van der Waals surface area contributed by atoms with Crippen LogP contribution in [0.25, 0.3) is 0 Å². The van der Waals surface area contributed by atoms with E-state index in [1.165, 1.54) is 64.2 Å². The fraction of sp³-hybridized carbons (Fsp3) is 0.964. The number of unbranched alkanes of at least 4 members (excludes halogenated alkanes) is 7. The van der Waals surface area contributed by atoms with E-state index in [2.05, 4.69) is 20.8 Å². The van der Waals surface area contributed by atoms with E-state index in [0.717, 1.165) is 19.4 Å². The molecule has 0 fully saturated rings. The molecule has 1 atom stereocenters. The van der Waals surface area contributed by atoms with E-state index >= 15 is 0 Å². The van der Waals surface area contributed by atoms with E-state index in [1.54, 1.807) is 0 Å². The summed E-state index contributed by atoms with van der Waals surface area (Å²) in [6.07, 6.45) is 15.9. The molecule has 204 valence electrons. The van der Waals surface area contributed by atoms with Crippen molar-refractivity contribution >= 4 is 5.97 Å². The molecular weight excluding hydrogens is 432 g/mol. The van der Waals surface area contributed by atoms with E-state index in [9.17, 15) is 4.79 Å². The standard InChI is InChI=1S/C28H56O6/c1-4-7-10-12-16-27(15-9-6-3)26-34-28(29)17-14-19-31-21-23-33-25-24-32-22-20-30-18-13-11-8-5-2/h27H,4-26H2,1-3H3. The van der Waals surface area contributed by atoms with Crippen LogP contribution in [0.15, 0.2) is 0 Å². The van der Waals surface area contributed by atoms with Gasteiger partial charge in [0.2, 0.25) is 0 Å². The van der Waals surface area contributed by atoms with Gasteiger partial charge in [0.15, 0.2) is 0 Å². The van der Waals surface area contributed by atoms with Crippen LogP contribution in [-0.4, -0.2) is 65.4 Å². The Labute approximate surface area is 210 Å². The van der Waals surface area contributed by atoms with Crippen LogP contribution in [0.4, 0.5) is 0 Å². The summed E-state index contributed by atoms with van der Waals surface area (Å²) in [6.45, 7) is 12.1. The maximum absolute atomic E-state index is 12.0. The van der Waals surface area contributed by atoms with Crippen molar-refractivity contribution in [3.8, 4) is 0 Å². The molecule has 0 bridgehead atoms. The van der Waals surface area contributed by atoms with E-state index in [1.807, 2.05) is 0 Å². The smallest absolute Gasteiger partial charge is 0.305 e. The largest absolute Gasteiger partial charge is 0.465 e. The van der Waals surface area contributed by atoms with Crippen molar-refractivity contribution < 1.29 is 28.5 Å². The van der Waals surface area contributed by atoms with Gasteiger partial charge in [-0.2, -0.15) is 0 Å². The Morgan fingerprint density at radius 3 is 1.56 bits per heavy atom. The molecule has 0 aromatic rings. The second-order valence-electron chi connectivity index (χ2n) is 9.15. The van der Waals surface area contributed by atoms with E-state index in [4.69, 9.17) is 23.7 Å². The first kappa shape index (κ1) is 33.3. The summed E-state index contributed by atoms with van der Waals surface area (Å²) in [5.74, 6) is 0.415. The number of hydrogen-bond acceptors (Lipinski definition) is 6. The second-order valence-corrected chi connectivity index (χ2v) is 9.15. The molecule has 1 unspecified atom stereocenters. The van der Waals surface area contributed by atoms with Crippen molar-refractivity contribution in [3.05, 3.63) is 0 Å². The van der Waals surface area contributed by atoms with Gasteiger partial charge < -0.3 is 23.7 Å². The third-order valence-corrected chi connectivity index (χ3v) is 5.84. The Kier molecular flexibility index (Phi) is 28.0. The molecule has 0 aliphatic carbocycles. The maximum atomic E-state index is 12.0. The third kappa shape index (κ3) is 25.9. The van der Waals surface area contributed by atoms with Crippen LogP contribution in [0.2, 0.25) is 0 Å². The Balaban J connectivity index is 3.44. The molecule has 0 saturated heterocycles. The third-order valence-electron chi connectivity index (χ3n) is 5.84. The molecule has 0 amide bonds. The number of carbonyl (C=O) groups excluding carboxylic acids is 1. The van der Waals surface area contributed by atoms with Gasteiger partial charge in [0.25, 0.3) is 0 Å². The zero-order valence-electron chi connectivity index (χ0n) is 22.8. The van der Waals surface area contributed by atoms with Gasteiger partial charge in [0.1, 0.15) is 0 Å². The topological polar surface area (TPSA) is 63.2 Å². The highest BCUT2D eigenvalue weighted by Crippen LogP contribution is 2.18. The summed E-state index contributed by atoms with van der Waals surface area (Å²) in [4.78, 5) is 12.0. The van der Waals surface area contributed by atoms with Crippen LogP contribution in [0, 0.1) is 5.92 Å². The van der Waals surface area contributed by atoms with E-state index in [0.29, 0.717) is 71.6 Å². The maximum Gasteiger partial charge on any atom is 0.305 e. The molecule has 0 saturated carbocycles. The van der Waals surface area contributed by atoms with Gasteiger partial charge in [0, 0.05) is 19.6 Å². The van der Waals surface area contributed by atoms with Crippen molar-refractivity contribution in [2.45, 2.75) is 111 Å². The Morgan fingerprint density at radius 2 is 1.00 bits per heavy atom. The van der Waals surface area contributed by atoms with Crippen molar-refractivity contribution in [2.75, 3.05) is 59.5 Å². The monoisotopic (exact) mass is 488 g/mol. The number of rotatable bonds is 28. The molecule has 34 heavy (non-hydrogen) atoms. The molecule has 6 heteroatoms. The summed E-state index contributed by atoms with van der Waals surface area (Å²) in [5.41, 5.74) is 0. The summed E-state index contributed by atoms with van der Waals surface area (Å²) in [7, 11) is 0. The molecule has 0 spiro atoms. The number of hydrogen-bond donors (Lipinski definition) is 0. The zero-order chi connectivity index (χ0) is 25.0. The summed E-state index contributed by atoms with van der Waals surface area (Å²) in [5, 5.41) is 0. The van der Waals surface area contributed by atoms with Crippen LogP contribution in [0.3, 0.4) is 0 Å². The van der Waals surface area contributed by atoms with Gasteiger partial charge >= 0.3 is 5.97 Å². The zero-order valence-corrected chi connectivity index (χ0v) is 22.8. The Bertz CT molecular complexity index is 404. The summed E-state index contributed by atoms with van der Waals surface area (Å²) in [6, 6.07) is 0. The van der Waals surface area contributed by atoms with Crippen LogP contribution < -0.4 is 0 Å². The minimum atomic E-state index is -0.100. The van der Waals surface area contributed by atoms with Gasteiger partial charge in [0.05, 0.1) is 46.2 Å². The van der Waals surface area contributed by atoms with Crippen molar-refractivity contribution in [2.24, 2.45) is 5.92 Å². The van der Waals surface area contributed by atoms with Gasteiger partial charge in [-0.15, -0.1) is 0 Å². The lowest BCUT2D eigenvalue weighted by Crippen LogP contribution is -2.15. The molecule has 0 heterocycles. The van der Waals surface area contributed by atoms with Crippen LogP contribution in [0.5, 0.6) is 0 Å². The molecule has 0 aromatic heterocycles. The predicted octanol–water partition coefficient (Wildman–Crippen LogP) is 6.73. The number of esters is 1. The summed E-state index contributed by atoms with van der Waals surface area (Å²) >= 11 is 0. The molecule has 0 aliphatic rings. The highest BCUT2D eigenvalue weighted by Gasteiger charge is 2.12.